The third-order valence-electron chi connectivity index (χ3n) is 6.03. The second kappa shape index (κ2) is 7.68. The number of aryl methyl sites for hydroxylation is 2. The van der Waals surface area contributed by atoms with Gasteiger partial charge in [-0.2, -0.15) is 0 Å². The summed E-state index contributed by atoms with van der Waals surface area (Å²) >= 11 is 0. The molecule has 26 heavy (non-hydrogen) atoms. The van der Waals surface area contributed by atoms with Crippen LogP contribution in [0, 0.1) is 5.92 Å². The summed E-state index contributed by atoms with van der Waals surface area (Å²) in [5.41, 5.74) is 2.83. The van der Waals surface area contributed by atoms with Crippen molar-refractivity contribution < 1.29 is 14.3 Å². The number of nitrogens with zero attached hydrogens (tertiary/aromatic N) is 1. The molecule has 2 fully saturated rings. The Morgan fingerprint density at radius 1 is 1.15 bits per heavy atom. The molecule has 0 aromatic heterocycles. The maximum absolute atomic E-state index is 12.4. The number of carbonyl (C=O) groups is 2. The number of carbonyl (C=O) groups excluding carboxylic acids is 2. The number of hydrogen-bond donors (Lipinski definition) is 1. The van der Waals surface area contributed by atoms with Crippen molar-refractivity contribution >= 4 is 11.8 Å². The van der Waals surface area contributed by atoms with E-state index in [4.69, 9.17) is 4.74 Å². The summed E-state index contributed by atoms with van der Waals surface area (Å²) < 4.78 is 5.78. The highest BCUT2D eigenvalue weighted by atomic mass is 16.5. The van der Waals surface area contributed by atoms with Crippen LogP contribution >= 0.6 is 0 Å². The molecule has 0 spiro atoms. The van der Waals surface area contributed by atoms with Crippen LogP contribution in [-0.2, 0) is 22.4 Å². The molecular formula is C21H28N2O3. The average molecular weight is 356 g/mol. The molecule has 1 unspecified atom stereocenters. The van der Waals surface area contributed by atoms with E-state index in [1.54, 1.807) is 0 Å². The van der Waals surface area contributed by atoms with Gasteiger partial charge in [-0.05, 0) is 55.4 Å². The van der Waals surface area contributed by atoms with E-state index in [9.17, 15) is 9.59 Å². The van der Waals surface area contributed by atoms with Gasteiger partial charge in [0.2, 0.25) is 11.8 Å². The topological polar surface area (TPSA) is 58.6 Å². The molecule has 1 aliphatic heterocycles. The molecule has 1 aromatic rings. The molecule has 1 N–H and O–H groups in total. The Kier molecular flexibility index (Phi) is 5.14. The van der Waals surface area contributed by atoms with E-state index >= 15 is 0 Å². The molecular weight excluding hydrogens is 328 g/mol. The first-order chi connectivity index (χ1) is 12.7. The molecule has 4 rings (SSSR count). The van der Waals surface area contributed by atoms with E-state index in [0.29, 0.717) is 32.2 Å². The number of amides is 2. The minimum absolute atomic E-state index is 0.0172. The number of nitrogens with one attached hydrogen (secondary N) is 1. The van der Waals surface area contributed by atoms with Crippen molar-refractivity contribution in [3.63, 3.8) is 0 Å². The van der Waals surface area contributed by atoms with Crippen LogP contribution in [0.3, 0.4) is 0 Å². The standard InChI is InChI=1S/C21H28N2O3/c24-20-13-17(14-23(20)18-6-1-2-7-18)21(25)22-10-11-26-19-9-8-15-4-3-5-16(15)12-19/h8-9,12,17-18H,1-7,10-11,13-14H2,(H,22,25). The minimum Gasteiger partial charge on any atom is -0.492 e. The normalized spacial score (nSPS) is 22.7. The molecule has 0 radical (unpaired) electrons. The molecule has 3 aliphatic rings. The Hall–Kier alpha value is -2.04. The van der Waals surface area contributed by atoms with Gasteiger partial charge in [0.05, 0.1) is 12.5 Å². The minimum atomic E-state index is -0.205. The first-order valence-corrected chi connectivity index (χ1v) is 10.0. The number of ether oxygens (including phenoxy) is 1. The predicted molar refractivity (Wildman–Crippen MR) is 99.0 cm³/mol. The zero-order valence-electron chi connectivity index (χ0n) is 15.3. The molecule has 5 heteroatoms. The van der Waals surface area contributed by atoms with Crippen LogP contribution in [0.25, 0.3) is 0 Å². The SMILES string of the molecule is O=C(NCCOc1ccc2c(c1)CCC2)C1CC(=O)N(C2CCCC2)C1. The summed E-state index contributed by atoms with van der Waals surface area (Å²) in [6.07, 6.45) is 8.47. The van der Waals surface area contributed by atoms with E-state index in [2.05, 4.69) is 17.4 Å². The predicted octanol–water partition coefficient (Wildman–Crippen LogP) is 2.46. The van der Waals surface area contributed by atoms with Crippen molar-refractivity contribution in [1.29, 1.82) is 0 Å². The van der Waals surface area contributed by atoms with E-state index < -0.39 is 0 Å². The quantitative estimate of drug-likeness (QED) is 0.797. The van der Waals surface area contributed by atoms with Gasteiger partial charge in [-0.3, -0.25) is 9.59 Å². The van der Waals surface area contributed by atoms with Crippen molar-refractivity contribution in [3.05, 3.63) is 29.3 Å². The molecule has 1 heterocycles. The van der Waals surface area contributed by atoms with Crippen molar-refractivity contribution in [3.8, 4) is 5.75 Å². The van der Waals surface area contributed by atoms with Gasteiger partial charge < -0.3 is 15.0 Å². The van der Waals surface area contributed by atoms with Crippen molar-refractivity contribution in [2.45, 2.75) is 57.4 Å². The Morgan fingerprint density at radius 2 is 1.96 bits per heavy atom. The van der Waals surface area contributed by atoms with Gasteiger partial charge in [0, 0.05) is 19.0 Å². The number of rotatable bonds is 6. The van der Waals surface area contributed by atoms with E-state index in [1.165, 1.54) is 36.8 Å². The number of likely N-dealkylation sites (tertiary alicyclic amines) is 1. The van der Waals surface area contributed by atoms with Crippen LogP contribution < -0.4 is 10.1 Å². The molecule has 140 valence electrons. The number of fused-ring (bicyclic) bond motifs is 1. The molecule has 0 bridgehead atoms. The Morgan fingerprint density at radius 3 is 2.81 bits per heavy atom. The number of hydrogen-bond acceptors (Lipinski definition) is 3. The maximum Gasteiger partial charge on any atom is 0.225 e. The molecule has 1 saturated heterocycles. The first kappa shape index (κ1) is 17.4. The smallest absolute Gasteiger partial charge is 0.225 e. The van der Waals surface area contributed by atoms with Crippen LogP contribution in [0.1, 0.15) is 49.7 Å². The monoisotopic (exact) mass is 356 g/mol. The zero-order valence-corrected chi connectivity index (χ0v) is 15.3. The van der Waals surface area contributed by atoms with Crippen LogP contribution in [0.5, 0.6) is 5.75 Å². The molecule has 1 saturated carbocycles. The molecule has 2 aliphatic carbocycles. The Balaban J connectivity index is 1.20. The van der Waals surface area contributed by atoms with Gasteiger partial charge in [0.25, 0.3) is 0 Å². The number of benzene rings is 1. The van der Waals surface area contributed by atoms with Crippen LogP contribution in [0.2, 0.25) is 0 Å². The van der Waals surface area contributed by atoms with Crippen molar-refractivity contribution in [2.24, 2.45) is 5.92 Å². The Bertz CT molecular complexity index is 682. The van der Waals surface area contributed by atoms with Crippen molar-refractivity contribution in [2.75, 3.05) is 19.7 Å². The zero-order chi connectivity index (χ0) is 17.9. The highest BCUT2D eigenvalue weighted by Gasteiger charge is 2.38. The summed E-state index contributed by atoms with van der Waals surface area (Å²) in [5.74, 6) is 0.800. The first-order valence-electron chi connectivity index (χ1n) is 10.0. The lowest BCUT2D eigenvalue weighted by atomic mass is 10.1. The lowest BCUT2D eigenvalue weighted by Crippen LogP contribution is -2.37. The van der Waals surface area contributed by atoms with Gasteiger partial charge in [-0.25, -0.2) is 0 Å². The van der Waals surface area contributed by atoms with Gasteiger partial charge >= 0.3 is 0 Å². The molecule has 1 atom stereocenters. The highest BCUT2D eigenvalue weighted by Crippen LogP contribution is 2.29. The highest BCUT2D eigenvalue weighted by molar-refractivity contribution is 5.89. The van der Waals surface area contributed by atoms with Gasteiger partial charge in [0.1, 0.15) is 12.4 Å². The van der Waals surface area contributed by atoms with Gasteiger partial charge in [-0.15, -0.1) is 0 Å². The molecule has 1 aromatic carbocycles. The van der Waals surface area contributed by atoms with E-state index in [0.717, 1.165) is 25.0 Å². The van der Waals surface area contributed by atoms with Crippen LogP contribution in [0.4, 0.5) is 0 Å². The van der Waals surface area contributed by atoms with Gasteiger partial charge in [0.15, 0.2) is 0 Å². The molecule has 2 amide bonds. The Labute approximate surface area is 155 Å². The maximum atomic E-state index is 12.4. The largest absolute Gasteiger partial charge is 0.492 e. The summed E-state index contributed by atoms with van der Waals surface area (Å²) in [6, 6.07) is 6.65. The summed E-state index contributed by atoms with van der Waals surface area (Å²) in [4.78, 5) is 26.5. The second-order valence-electron chi connectivity index (χ2n) is 7.81. The summed E-state index contributed by atoms with van der Waals surface area (Å²) in [5, 5.41) is 2.94. The third-order valence-corrected chi connectivity index (χ3v) is 6.03. The van der Waals surface area contributed by atoms with E-state index in [1.807, 2.05) is 11.0 Å². The summed E-state index contributed by atoms with van der Waals surface area (Å²) in [7, 11) is 0. The average Bonchev–Trinajstić information content (AvgIpc) is 3.38. The van der Waals surface area contributed by atoms with Crippen molar-refractivity contribution in [1.82, 2.24) is 10.2 Å². The van der Waals surface area contributed by atoms with Crippen LogP contribution in [-0.4, -0.2) is 42.5 Å². The summed E-state index contributed by atoms with van der Waals surface area (Å²) in [6.45, 7) is 1.52. The van der Waals surface area contributed by atoms with Gasteiger partial charge in [-0.1, -0.05) is 18.9 Å². The van der Waals surface area contributed by atoms with Crippen LogP contribution in [0.15, 0.2) is 18.2 Å². The lowest BCUT2D eigenvalue weighted by molar-refractivity contribution is -0.130. The second-order valence-corrected chi connectivity index (χ2v) is 7.81. The third kappa shape index (κ3) is 3.71. The fraction of sp³-hybridized carbons (Fsp3) is 0.619. The fourth-order valence-electron chi connectivity index (χ4n) is 4.60. The lowest BCUT2D eigenvalue weighted by Gasteiger charge is -2.23. The van der Waals surface area contributed by atoms with E-state index in [-0.39, 0.29) is 17.7 Å². The molecule has 5 nitrogen and oxygen atoms in total. The fourth-order valence-corrected chi connectivity index (χ4v) is 4.60.